The van der Waals surface area contributed by atoms with Gasteiger partial charge in [0.25, 0.3) is 0 Å². The van der Waals surface area contributed by atoms with Gasteiger partial charge in [0.05, 0.1) is 0 Å². The van der Waals surface area contributed by atoms with Crippen molar-refractivity contribution in [1.82, 2.24) is 0 Å². The second-order valence-electron chi connectivity index (χ2n) is 5.28. The van der Waals surface area contributed by atoms with Crippen LogP contribution in [0.1, 0.15) is 44.9 Å². The predicted octanol–water partition coefficient (Wildman–Crippen LogP) is 2.09. The number of ether oxygens (including phenoxy) is 1. The maximum atomic E-state index is 11.7. The van der Waals surface area contributed by atoms with Gasteiger partial charge in [-0.15, -0.1) is 0 Å². The van der Waals surface area contributed by atoms with Gasteiger partial charge >= 0.3 is 0 Å². The van der Waals surface area contributed by atoms with E-state index in [1.165, 1.54) is 32.1 Å². The summed E-state index contributed by atoms with van der Waals surface area (Å²) in [5.41, 5.74) is 5.62. The van der Waals surface area contributed by atoms with Crippen LogP contribution < -0.4 is 5.73 Å². The van der Waals surface area contributed by atoms with Crippen LogP contribution in [0.25, 0.3) is 0 Å². The Labute approximate surface area is 97.7 Å². The monoisotopic (exact) mass is 225 g/mol. The number of rotatable bonds is 3. The van der Waals surface area contributed by atoms with Crippen LogP contribution in [0.4, 0.5) is 0 Å². The van der Waals surface area contributed by atoms with Crippen molar-refractivity contribution in [2.24, 2.45) is 23.5 Å². The van der Waals surface area contributed by atoms with Crippen LogP contribution in [0, 0.1) is 17.8 Å². The number of hydrogen-bond acceptors (Lipinski definition) is 2. The van der Waals surface area contributed by atoms with E-state index in [1.54, 1.807) is 0 Å². The molecule has 0 aromatic heterocycles. The molecule has 1 aliphatic carbocycles. The Morgan fingerprint density at radius 1 is 1.00 bits per heavy atom. The van der Waals surface area contributed by atoms with Gasteiger partial charge in [0.15, 0.2) is 0 Å². The van der Waals surface area contributed by atoms with E-state index in [1.807, 2.05) is 0 Å². The lowest BCUT2D eigenvalue weighted by Gasteiger charge is -2.35. The van der Waals surface area contributed by atoms with Gasteiger partial charge in [-0.1, -0.05) is 19.3 Å². The molecule has 3 heteroatoms. The summed E-state index contributed by atoms with van der Waals surface area (Å²) in [6, 6.07) is 0. The van der Waals surface area contributed by atoms with E-state index < -0.39 is 0 Å². The van der Waals surface area contributed by atoms with Gasteiger partial charge in [-0.2, -0.15) is 0 Å². The van der Waals surface area contributed by atoms with E-state index in [-0.39, 0.29) is 11.8 Å². The van der Waals surface area contributed by atoms with E-state index in [0.717, 1.165) is 26.1 Å². The van der Waals surface area contributed by atoms with Crippen molar-refractivity contribution in [3.63, 3.8) is 0 Å². The summed E-state index contributed by atoms with van der Waals surface area (Å²) in [5, 5.41) is 0. The Bertz CT molecular complexity index is 212. The van der Waals surface area contributed by atoms with Crippen molar-refractivity contribution < 1.29 is 9.53 Å². The van der Waals surface area contributed by atoms with E-state index in [4.69, 9.17) is 10.5 Å². The fraction of sp³-hybridized carbons (Fsp3) is 0.923. The molecule has 0 radical (unpaired) electrons. The van der Waals surface area contributed by atoms with Crippen LogP contribution in [0.15, 0.2) is 0 Å². The summed E-state index contributed by atoms with van der Waals surface area (Å²) < 4.78 is 5.36. The Kier molecular flexibility index (Phi) is 4.22. The molecule has 1 amide bonds. The average Bonchev–Trinajstić information content (AvgIpc) is 2.31. The highest BCUT2D eigenvalue weighted by Gasteiger charge is 2.35. The molecule has 0 aromatic carbocycles. The average molecular weight is 225 g/mol. The maximum absolute atomic E-state index is 11.7. The number of primary amides is 1. The number of amides is 1. The predicted molar refractivity (Wildman–Crippen MR) is 62.8 cm³/mol. The highest BCUT2D eigenvalue weighted by molar-refractivity contribution is 5.77. The molecule has 3 nitrogen and oxygen atoms in total. The molecule has 1 atom stereocenters. The molecule has 0 spiro atoms. The normalized spacial score (nSPS) is 26.5. The minimum atomic E-state index is -0.0706. The van der Waals surface area contributed by atoms with Gasteiger partial charge in [0.2, 0.25) is 5.91 Å². The number of carbonyl (C=O) groups is 1. The number of carbonyl (C=O) groups excluding carboxylic acids is 1. The zero-order chi connectivity index (χ0) is 11.4. The van der Waals surface area contributed by atoms with Crippen LogP contribution in [0.5, 0.6) is 0 Å². The minimum Gasteiger partial charge on any atom is -0.381 e. The van der Waals surface area contributed by atoms with Gasteiger partial charge in [-0.3, -0.25) is 4.79 Å². The summed E-state index contributed by atoms with van der Waals surface area (Å²) in [4.78, 5) is 11.7. The first-order chi connectivity index (χ1) is 7.79. The van der Waals surface area contributed by atoms with Crippen molar-refractivity contribution in [3.05, 3.63) is 0 Å². The first kappa shape index (κ1) is 11.9. The number of hydrogen-bond donors (Lipinski definition) is 1. The molecule has 1 aliphatic heterocycles. The van der Waals surface area contributed by atoms with Crippen LogP contribution in [0.2, 0.25) is 0 Å². The molecule has 2 N–H and O–H groups in total. The van der Waals surface area contributed by atoms with Crippen molar-refractivity contribution in [1.29, 1.82) is 0 Å². The Morgan fingerprint density at radius 3 is 2.12 bits per heavy atom. The van der Waals surface area contributed by atoms with Gasteiger partial charge < -0.3 is 10.5 Å². The maximum Gasteiger partial charge on any atom is 0.221 e. The topological polar surface area (TPSA) is 52.3 Å². The minimum absolute atomic E-state index is 0.0706. The van der Waals surface area contributed by atoms with E-state index in [9.17, 15) is 4.79 Å². The molecule has 16 heavy (non-hydrogen) atoms. The molecular formula is C13H23NO2. The van der Waals surface area contributed by atoms with Gasteiger partial charge in [0.1, 0.15) is 0 Å². The third-order valence-corrected chi connectivity index (χ3v) is 4.26. The SMILES string of the molecule is NC(=O)C(C1CCCCC1)C1CCOCC1. The van der Waals surface area contributed by atoms with Gasteiger partial charge in [0, 0.05) is 19.1 Å². The molecule has 2 aliphatic rings. The molecular weight excluding hydrogens is 202 g/mol. The first-order valence-electron chi connectivity index (χ1n) is 6.66. The lowest BCUT2D eigenvalue weighted by atomic mass is 9.71. The largest absolute Gasteiger partial charge is 0.381 e. The standard InChI is InChI=1S/C13H23NO2/c14-13(15)12(10-4-2-1-3-5-10)11-6-8-16-9-7-11/h10-12H,1-9H2,(H2,14,15). The Hall–Kier alpha value is -0.570. The lowest BCUT2D eigenvalue weighted by molar-refractivity contribution is -0.127. The summed E-state index contributed by atoms with van der Waals surface area (Å²) in [6.45, 7) is 1.61. The van der Waals surface area contributed by atoms with Crippen molar-refractivity contribution in [3.8, 4) is 0 Å². The molecule has 2 fully saturated rings. The van der Waals surface area contributed by atoms with Crippen molar-refractivity contribution in [2.75, 3.05) is 13.2 Å². The molecule has 92 valence electrons. The summed E-state index contributed by atoms with van der Waals surface area (Å²) in [7, 11) is 0. The Morgan fingerprint density at radius 2 is 1.56 bits per heavy atom. The van der Waals surface area contributed by atoms with Crippen LogP contribution in [-0.2, 0) is 9.53 Å². The van der Waals surface area contributed by atoms with Crippen molar-refractivity contribution >= 4 is 5.91 Å². The lowest BCUT2D eigenvalue weighted by Crippen LogP contribution is -2.39. The highest BCUT2D eigenvalue weighted by Crippen LogP contribution is 2.37. The fourth-order valence-corrected chi connectivity index (χ4v) is 3.42. The Balaban J connectivity index is 1.99. The van der Waals surface area contributed by atoms with E-state index in [2.05, 4.69) is 0 Å². The van der Waals surface area contributed by atoms with Gasteiger partial charge in [-0.25, -0.2) is 0 Å². The van der Waals surface area contributed by atoms with E-state index in [0.29, 0.717) is 11.8 Å². The summed E-state index contributed by atoms with van der Waals surface area (Å²) in [6.07, 6.45) is 8.31. The number of nitrogens with two attached hydrogens (primary N) is 1. The van der Waals surface area contributed by atoms with Crippen LogP contribution >= 0.6 is 0 Å². The first-order valence-corrected chi connectivity index (χ1v) is 6.66. The molecule has 1 saturated heterocycles. The molecule has 1 saturated carbocycles. The zero-order valence-electron chi connectivity index (χ0n) is 9.99. The highest BCUT2D eigenvalue weighted by atomic mass is 16.5. The molecule has 1 unspecified atom stereocenters. The summed E-state index contributed by atoms with van der Waals surface area (Å²) in [5.74, 6) is 1.08. The fourth-order valence-electron chi connectivity index (χ4n) is 3.42. The third kappa shape index (κ3) is 2.76. The summed E-state index contributed by atoms with van der Waals surface area (Å²) >= 11 is 0. The smallest absolute Gasteiger partial charge is 0.221 e. The second kappa shape index (κ2) is 5.67. The molecule has 0 bridgehead atoms. The molecule has 1 heterocycles. The molecule has 2 rings (SSSR count). The van der Waals surface area contributed by atoms with Gasteiger partial charge in [-0.05, 0) is 37.5 Å². The quantitative estimate of drug-likeness (QED) is 0.799. The zero-order valence-corrected chi connectivity index (χ0v) is 9.99. The third-order valence-electron chi connectivity index (χ3n) is 4.26. The second-order valence-corrected chi connectivity index (χ2v) is 5.28. The van der Waals surface area contributed by atoms with E-state index >= 15 is 0 Å². The molecule has 0 aromatic rings. The van der Waals surface area contributed by atoms with Crippen LogP contribution in [0.3, 0.4) is 0 Å². The van der Waals surface area contributed by atoms with Crippen molar-refractivity contribution in [2.45, 2.75) is 44.9 Å². The van der Waals surface area contributed by atoms with Crippen LogP contribution in [-0.4, -0.2) is 19.1 Å².